The number of aliphatic imine (C=N–C) groups is 1. The quantitative estimate of drug-likeness (QED) is 0.640. The number of H-pyrrole nitrogens is 1. The van der Waals surface area contributed by atoms with Crippen LogP contribution in [0, 0.1) is 20.8 Å². The zero-order valence-electron chi connectivity index (χ0n) is 12.1. The lowest BCUT2D eigenvalue weighted by Crippen LogP contribution is -1.84. The van der Waals surface area contributed by atoms with Crippen molar-refractivity contribution in [2.24, 2.45) is 4.99 Å². The van der Waals surface area contributed by atoms with Crippen LogP contribution in [-0.2, 0) is 0 Å². The van der Waals surface area contributed by atoms with E-state index in [-0.39, 0.29) is 0 Å². The Kier molecular flexibility index (Phi) is 3.15. The first-order valence-electron chi connectivity index (χ1n) is 6.84. The van der Waals surface area contributed by atoms with E-state index in [1.807, 2.05) is 12.3 Å². The lowest BCUT2D eigenvalue weighted by atomic mass is 10.1. The van der Waals surface area contributed by atoms with Gasteiger partial charge in [0.15, 0.2) is 0 Å². The first-order chi connectivity index (χ1) is 9.65. The Balaban J connectivity index is 2.06. The largest absolute Gasteiger partial charge is 0.358 e. The van der Waals surface area contributed by atoms with Gasteiger partial charge in [0.2, 0.25) is 0 Å². The Morgan fingerprint density at radius 1 is 1.00 bits per heavy atom. The highest BCUT2D eigenvalue weighted by Gasteiger charge is 2.05. The van der Waals surface area contributed by atoms with Gasteiger partial charge >= 0.3 is 0 Å². The molecule has 2 heteroatoms. The van der Waals surface area contributed by atoms with Crippen LogP contribution in [0.1, 0.15) is 22.4 Å². The molecule has 1 aromatic heterocycles. The summed E-state index contributed by atoms with van der Waals surface area (Å²) in [5.41, 5.74) is 6.95. The number of nitrogens with zero attached hydrogens (tertiary/aromatic N) is 1. The molecule has 0 radical (unpaired) electrons. The number of para-hydroxylation sites is 1. The fraction of sp³-hybridized carbons (Fsp3) is 0.167. The third-order valence-corrected chi connectivity index (χ3v) is 3.64. The van der Waals surface area contributed by atoms with Crippen molar-refractivity contribution in [1.29, 1.82) is 0 Å². The van der Waals surface area contributed by atoms with Gasteiger partial charge in [0.25, 0.3) is 0 Å². The molecule has 0 saturated heterocycles. The predicted octanol–water partition coefficient (Wildman–Crippen LogP) is 4.84. The van der Waals surface area contributed by atoms with Gasteiger partial charge in [-0.15, -0.1) is 0 Å². The summed E-state index contributed by atoms with van der Waals surface area (Å²) in [6.07, 6.45) is 1.97. The van der Waals surface area contributed by atoms with Gasteiger partial charge in [-0.3, -0.25) is 4.99 Å². The maximum Gasteiger partial charge on any atom is 0.0661 e. The first-order valence-corrected chi connectivity index (χ1v) is 6.84. The molecule has 3 aromatic rings. The average Bonchev–Trinajstić information content (AvgIpc) is 2.75. The van der Waals surface area contributed by atoms with Crippen molar-refractivity contribution in [2.75, 3.05) is 0 Å². The Morgan fingerprint density at radius 2 is 1.80 bits per heavy atom. The van der Waals surface area contributed by atoms with Crippen LogP contribution in [-0.4, -0.2) is 11.2 Å². The van der Waals surface area contributed by atoms with Gasteiger partial charge < -0.3 is 4.98 Å². The molecule has 0 aliphatic carbocycles. The van der Waals surface area contributed by atoms with E-state index in [1.165, 1.54) is 22.1 Å². The summed E-state index contributed by atoms with van der Waals surface area (Å²) >= 11 is 0. The van der Waals surface area contributed by atoms with Crippen molar-refractivity contribution in [3.05, 3.63) is 64.8 Å². The molecule has 0 amide bonds. The summed E-state index contributed by atoms with van der Waals surface area (Å²) in [4.78, 5) is 8.07. The summed E-state index contributed by atoms with van der Waals surface area (Å²) < 4.78 is 0. The third-order valence-electron chi connectivity index (χ3n) is 3.64. The van der Waals surface area contributed by atoms with Crippen LogP contribution in [0.25, 0.3) is 10.9 Å². The summed E-state index contributed by atoms with van der Waals surface area (Å²) in [6, 6.07) is 14.7. The molecule has 1 heterocycles. The smallest absolute Gasteiger partial charge is 0.0661 e. The van der Waals surface area contributed by atoms with E-state index in [0.29, 0.717) is 0 Å². The molecule has 1 N–H and O–H groups in total. The van der Waals surface area contributed by atoms with Crippen LogP contribution in [0.3, 0.4) is 0 Å². The molecular formula is C18H18N2. The highest BCUT2D eigenvalue weighted by molar-refractivity contribution is 6.01. The lowest BCUT2D eigenvalue weighted by Gasteiger charge is -2.01. The van der Waals surface area contributed by atoms with E-state index in [1.54, 1.807) is 0 Å². The molecular weight excluding hydrogens is 244 g/mol. The highest BCUT2D eigenvalue weighted by atomic mass is 14.8. The molecule has 0 fully saturated rings. The number of aryl methyl sites for hydroxylation is 3. The fourth-order valence-electron chi connectivity index (χ4n) is 2.46. The SMILES string of the molecule is Cc1ccc(C)c(N=Cc2c(C)[nH]c3ccccc23)c1. The third kappa shape index (κ3) is 2.25. The molecule has 0 atom stereocenters. The van der Waals surface area contributed by atoms with Crippen LogP contribution < -0.4 is 0 Å². The molecule has 0 aliphatic rings. The van der Waals surface area contributed by atoms with Crippen molar-refractivity contribution in [3.63, 3.8) is 0 Å². The van der Waals surface area contributed by atoms with E-state index in [4.69, 9.17) is 0 Å². The van der Waals surface area contributed by atoms with Crippen LogP contribution in [0.4, 0.5) is 5.69 Å². The van der Waals surface area contributed by atoms with E-state index >= 15 is 0 Å². The van der Waals surface area contributed by atoms with Gasteiger partial charge in [-0.1, -0.05) is 30.3 Å². The molecule has 2 aromatic carbocycles. The highest BCUT2D eigenvalue weighted by Crippen LogP contribution is 2.23. The number of hydrogen-bond donors (Lipinski definition) is 1. The standard InChI is InChI=1S/C18H18N2/c1-12-8-9-13(2)18(10-12)19-11-16-14(3)20-17-7-5-4-6-15(16)17/h4-11,20H,1-3H3. The Hall–Kier alpha value is -2.35. The molecule has 20 heavy (non-hydrogen) atoms. The zero-order valence-corrected chi connectivity index (χ0v) is 12.1. The number of aromatic nitrogens is 1. The number of rotatable bonds is 2. The van der Waals surface area contributed by atoms with Crippen LogP contribution in [0.2, 0.25) is 0 Å². The predicted molar refractivity (Wildman–Crippen MR) is 86.2 cm³/mol. The second-order valence-corrected chi connectivity index (χ2v) is 5.26. The van der Waals surface area contributed by atoms with Crippen molar-refractivity contribution in [2.45, 2.75) is 20.8 Å². The second-order valence-electron chi connectivity index (χ2n) is 5.26. The minimum absolute atomic E-state index is 1.04. The second kappa shape index (κ2) is 4.97. The van der Waals surface area contributed by atoms with Crippen molar-refractivity contribution < 1.29 is 0 Å². The monoisotopic (exact) mass is 262 g/mol. The summed E-state index contributed by atoms with van der Waals surface area (Å²) in [7, 11) is 0. The van der Waals surface area contributed by atoms with Crippen LogP contribution in [0.15, 0.2) is 47.5 Å². The normalized spacial score (nSPS) is 11.6. The molecule has 0 bridgehead atoms. The topological polar surface area (TPSA) is 28.1 Å². The molecule has 0 aliphatic heterocycles. The fourth-order valence-corrected chi connectivity index (χ4v) is 2.46. The Bertz CT molecular complexity index is 794. The van der Waals surface area contributed by atoms with E-state index in [2.05, 4.69) is 67.1 Å². The molecule has 0 saturated carbocycles. The van der Waals surface area contributed by atoms with E-state index in [0.717, 1.165) is 16.9 Å². The van der Waals surface area contributed by atoms with Gasteiger partial charge in [-0.25, -0.2) is 0 Å². The van der Waals surface area contributed by atoms with Gasteiger partial charge in [0.05, 0.1) is 5.69 Å². The maximum absolute atomic E-state index is 4.68. The molecule has 0 spiro atoms. The average molecular weight is 262 g/mol. The molecule has 100 valence electrons. The molecule has 3 rings (SSSR count). The van der Waals surface area contributed by atoms with E-state index < -0.39 is 0 Å². The number of nitrogens with one attached hydrogen (secondary N) is 1. The number of aromatic amines is 1. The van der Waals surface area contributed by atoms with Crippen molar-refractivity contribution in [3.8, 4) is 0 Å². The minimum atomic E-state index is 1.04. The minimum Gasteiger partial charge on any atom is -0.358 e. The van der Waals surface area contributed by atoms with Gasteiger partial charge in [0, 0.05) is 28.4 Å². The Morgan fingerprint density at radius 3 is 2.65 bits per heavy atom. The van der Waals surface area contributed by atoms with Crippen molar-refractivity contribution >= 4 is 22.8 Å². The Labute approximate surface area is 119 Å². The van der Waals surface area contributed by atoms with Crippen molar-refractivity contribution in [1.82, 2.24) is 4.98 Å². The molecule has 0 unspecified atom stereocenters. The summed E-state index contributed by atoms with van der Waals surface area (Å²) in [5.74, 6) is 0. The van der Waals surface area contributed by atoms with Gasteiger partial charge in [-0.2, -0.15) is 0 Å². The maximum atomic E-state index is 4.68. The van der Waals surface area contributed by atoms with Crippen LogP contribution >= 0.6 is 0 Å². The van der Waals surface area contributed by atoms with Gasteiger partial charge in [0.1, 0.15) is 0 Å². The number of benzene rings is 2. The number of hydrogen-bond acceptors (Lipinski definition) is 1. The summed E-state index contributed by atoms with van der Waals surface area (Å²) in [5, 5.41) is 1.22. The van der Waals surface area contributed by atoms with Crippen LogP contribution in [0.5, 0.6) is 0 Å². The van der Waals surface area contributed by atoms with Gasteiger partial charge in [-0.05, 0) is 44.0 Å². The lowest BCUT2D eigenvalue weighted by molar-refractivity contribution is 1.29. The van der Waals surface area contributed by atoms with E-state index in [9.17, 15) is 0 Å². The number of fused-ring (bicyclic) bond motifs is 1. The first kappa shape index (κ1) is 12.7. The molecule has 2 nitrogen and oxygen atoms in total. The zero-order chi connectivity index (χ0) is 14.1. The summed E-state index contributed by atoms with van der Waals surface area (Å²) in [6.45, 7) is 6.27.